The van der Waals surface area contributed by atoms with E-state index in [1.807, 2.05) is 0 Å². The van der Waals surface area contributed by atoms with Crippen molar-refractivity contribution in [2.24, 2.45) is 0 Å². The van der Waals surface area contributed by atoms with Gasteiger partial charge in [0.05, 0.1) is 33.1 Å². The number of anilines is 1. The molecular formula is C18H25Cl3N2O4S. The number of hydrogen-bond donors (Lipinski definition) is 1. The summed E-state index contributed by atoms with van der Waals surface area (Å²) in [5.74, 6) is -0.440. The first kappa shape index (κ1) is 23.5. The van der Waals surface area contributed by atoms with Crippen molar-refractivity contribution in [3.8, 4) is 0 Å². The Hall–Kier alpha value is -0.730. The normalized spacial score (nSPS) is 15.4. The molecule has 1 fully saturated rings. The van der Waals surface area contributed by atoms with Crippen LogP contribution in [0.3, 0.4) is 0 Å². The maximum Gasteiger partial charge on any atom is 0.240 e. The first-order chi connectivity index (χ1) is 13.2. The number of sulfonamides is 1. The van der Waals surface area contributed by atoms with Gasteiger partial charge < -0.3 is 10.1 Å². The van der Waals surface area contributed by atoms with Gasteiger partial charge in [-0.15, -0.1) is 0 Å². The monoisotopic (exact) mass is 470 g/mol. The topological polar surface area (TPSA) is 75.7 Å². The van der Waals surface area contributed by atoms with Crippen molar-refractivity contribution in [2.75, 3.05) is 30.3 Å². The average molecular weight is 472 g/mol. The molecule has 0 radical (unpaired) electrons. The molecule has 0 bridgehead atoms. The highest BCUT2D eigenvalue weighted by molar-refractivity contribution is 7.92. The molecule has 2 rings (SSSR count). The zero-order valence-corrected chi connectivity index (χ0v) is 18.8. The van der Waals surface area contributed by atoms with Crippen molar-refractivity contribution in [3.05, 3.63) is 27.2 Å². The van der Waals surface area contributed by atoms with Gasteiger partial charge in [-0.2, -0.15) is 0 Å². The molecule has 0 aromatic heterocycles. The van der Waals surface area contributed by atoms with Crippen molar-refractivity contribution in [1.29, 1.82) is 0 Å². The summed E-state index contributed by atoms with van der Waals surface area (Å²) in [4.78, 5) is 12.2. The summed E-state index contributed by atoms with van der Waals surface area (Å²) < 4.78 is 31.0. The first-order valence-corrected chi connectivity index (χ1v) is 12.2. The number of halogens is 3. The third-order valence-electron chi connectivity index (χ3n) is 4.50. The fourth-order valence-corrected chi connectivity index (χ4v) is 4.61. The first-order valence-electron chi connectivity index (χ1n) is 9.19. The second-order valence-corrected chi connectivity index (χ2v) is 9.95. The highest BCUT2D eigenvalue weighted by atomic mass is 35.5. The van der Waals surface area contributed by atoms with Gasteiger partial charge in [-0.25, -0.2) is 8.42 Å². The Morgan fingerprint density at radius 3 is 2.43 bits per heavy atom. The Labute approximate surface area is 181 Å². The zero-order valence-electron chi connectivity index (χ0n) is 15.7. The predicted octanol–water partition coefficient (Wildman–Crippen LogP) is 4.27. The van der Waals surface area contributed by atoms with Crippen LogP contribution in [-0.4, -0.2) is 46.4 Å². The van der Waals surface area contributed by atoms with E-state index in [0.29, 0.717) is 25.7 Å². The lowest BCUT2D eigenvalue weighted by molar-refractivity contribution is -0.119. The quantitative estimate of drug-likeness (QED) is 0.431. The van der Waals surface area contributed by atoms with Gasteiger partial charge in [0.15, 0.2) is 0 Å². The number of benzene rings is 1. The molecule has 0 atom stereocenters. The molecule has 0 spiro atoms. The largest absolute Gasteiger partial charge is 0.378 e. The summed E-state index contributed by atoms with van der Waals surface area (Å²) in [7, 11) is -3.75. The molecule has 6 nitrogen and oxygen atoms in total. The van der Waals surface area contributed by atoms with Crippen molar-refractivity contribution < 1.29 is 17.9 Å². The van der Waals surface area contributed by atoms with Crippen molar-refractivity contribution in [2.45, 2.75) is 44.6 Å². The summed E-state index contributed by atoms with van der Waals surface area (Å²) in [5.41, 5.74) is 0.106. The number of amides is 1. The third-order valence-corrected chi connectivity index (χ3v) is 6.65. The zero-order chi connectivity index (χ0) is 20.7. The van der Waals surface area contributed by atoms with E-state index in [1.54, 1.807) is 0 Å². The van der Waals surface area contributed by atoms with E-state index in [2.05, 4.69) is 5.32 Å². The molecule has 0 aliphatic heterocycles. The molecule has 1 amide bonds. The van der Waals surface area contributed by atoms with E-state index in [1.165, 1.54) is 31.4 Å². The predicted molar refractivity (Wildman–Crippen MR) is 114 cm³/mol. The fourth-order valence-electron chi connectivity index (χ4n) is 3.05. The van der Waals surface area contributed by atoms with E-state index < -0.39 is 22.5 Å². The molecule has 1 saturated carbocycles. The lowest BCUT2D eigenvalue weighted by Gasteiger charge is -2.23. The summed E-state index contributed by atoms with van der Waals surface area (Å²) in [6.45, 7) is 0.567. The minimum Gasteiger partial charge on any atom is -0.378 e. The van der Waals surface area contributed by atoms with Crippen LogP contribution in [0.2, 0.25) is 15.1 Å². The Balaban J connectivity index is 1.87. The molecule has 158 valence electrons. The van der Waals surface area contributed by atoms with E-state index in [0.717, 1.165) is 23.4 Å². The van der Waals surface area contributed by atoms with Crippen molar-refractivity contribution in [1.82, 2.24) is 5.32 Å². The second-order valence-electron chi connectivity index (χ2n) is 6.82. The van der Waals surface area contributed by atoms with Crippen LogP contribution in [0.15, 0.2) is 12.1 Å². The average Bonchev–Trinajstić information content (AvgIpc) is 2.63. The summed E-state index contributed by atoms with van der Waals surface area (Å²) in [6.07, 6.45) is 7.86. The maximum absolute atomic E-state index is 12.2. The Kier molecular flexibility index (Phi) is 9.15. The van der Waals surface area contributed by atoms with Gasteiger partial charge >= 0.3 is 0 Å². The van der Waals surface area contributed by atoms with E-state index >= 15 is 0 Å². The van der Waals surface area contributed by atoms with Crippen LogP contribution in [0.1, 0.15) is 38.5 Å². The minimum atomic E-state index is -3.75. The molecule has 0 unspecified atom stereocenters. The standard InChI is InChI=1S/C18H25Cl3N2O4S/c1-28(25,26)23(17-11-15(20)14(19)10-16(17)21)12-18(24)22-8-5-9-27-13-6-3-2-4-7-13/h10-11,13H,2-9,12H2,1H3,(H,22,24). The molecule has 1 aliphatic rings. The van der Waals surface area contributed by atoms with Gasteiger partial charge in [-0.05, 0) is 31.4 Å². The van der Waals surface area contributed by atoms with E-state index in [9.17, 15) is 13.2 Å². The highest BCUT2D eigenvalue weighted by Crippen LogP contribution is 2.35. The van der Waals surface area contributed by atoms with Crippen LogP contribution < -0.4 is 9.62 Å². The molecule has 10 heteroatoms. The van der Waals surface area contributed by atoms with Gasteiger partial charge in [-0.1, -0.05) is 54.1 Å². The summed E-state index contributed by atoms with van der Waals surface area (Å²) in [5, 5.41) is 3.15. The Morgan fingerprint density at radius 1 is 1.14 bits per heavy atom. The Morgan fingerprint density at radius 2 is 1.79 bits per heavy atom. The lowest BCUT2D eigenvalue weighted by atomic mass is 9.98. The molecule has 0 saturated heterocycles. The van der Waals surface area contributed by atoms with Crippen LogP contribution in [0.5, 0.6) is 0 Å². The van der Waals surface area contributed by atoms with Gasteiger partial charge in [-0.3, -0.25) is 9.10 Å². The van der Waals surface area contributed by atoms with Gasteiger partial charge in [0.25, 0.3) is 0 Å². The van der Waals surface area contributed by atoms with E-state index in [4.69, 9.17) is 39.5 Å². The van der Waals surface area contributed by atoms with E-state index in [-0.39, 0.29) is 20.8 Å². The molecule has 1 N–H and O–H groups in total. The lowest BCUT2D eigenvalue weighted by Crippen LogP contribution is -2.41. The number of rotatable bonds is 9. The molecular weight excluding hydrogens is 447 g/mol. The highest BCUT2D eigenvalue weighted by Gasteiger charge is 2.24. The van der Waals surface area contributed by atoms with Gasteiger partial charge in [0.2, 0.25) is 15.9 Å². The van der Waals surface area contributed by atoms with Gasteiger partial charge in [0, 0.05) is 13.2 Å². The van der Waals surface area contributed by atoms with Crippen LogP contribution in [0, 0.1) is 0 Å². The minimum absolute atomic E-state index is 0.0912. The van der Waals surface area contributed by atoms with Crippen LogP contribution in [-0.2, 0) is 19.6 Å². The number of nitrogens with one attached hydrogen (secondary N) is 1. The van der Waals surface area contributed by atoms with Crippen LogP contribution >= 0.6 is 34.8 Å². The Bertz CT molecular complexity index is 783. The van der Waals surface area contributed by atoms with Gasteiger partial charge in [0.1, 0.15) is 6.54 Å². The number of nitrogens with zero attached hydrogens (tertiary/aromatic N) is 1. The molecule has 1 aromatic rings. The maximum atomic E-state index is 12.2. The number of hydrogen-bond acceptors (Lipinski definition) is 4. The second kappa shape index (κ2) is 10.9. The summed E-state index contributed by atoms with van der Waals surface area (Å²) >= 11 is 18.0. The van der Waals surface area contributed by atoms with Crippen LogP contribution in [0.4, 0.5) is 5.69 Å². The van der Waals surface area contributed by atoms with Crippen molar-refractivity contribution in [3.63, 3.8) is 0 Å². The molecule has 1 aromatic carbocycles. The fraction of sp³-hybridized carbons (Fsp3) is 0.611. The number of carbonyl (C=O) groups is 1. The van der Waals surface area contributed by atoms with Crippen LogP contribution in [0.25, 0.3) is 0 Å². The smallest absolute Gasteiger partial charge is 0.240 e. The molecule has 28 heavy (non-hydrogen) atoms. The van der Waals surface area contributed by atoms with Crippen molar-refractivity contribution >= 4 is 56.4 Å². The molecule has 1 aliphatic carbocycles. The third kappa shape index (κ3) is 7.26. The summed E-state index contributed by atoms with van der Waals surface area (Å²) in [6, 6.07) is 2.68. The number of carbonyl (C=O) groups excluding carboxylic acids is 1. The molecule has 0 heterocycles. The SMILES string of the molecule is CS(=O)(=O)N(CC(=O)NCCCOC1CCCCC1)c1cc(Cl)c(Cl)cc1Cl. The number of ether oxygens (including phenoxy) is 1.